The summed E-state index contributed by atoms with van der Waals surface area (Å²) >= 11 is 3.37. The lowest BCUT2D eigenvalue weighted by molar-refractivity contribution is -0.136. The van der Waals surface area contributed by atoms with E-state index < -0.39 is 5.97 Å². The van der Waals surface area contributed by atoms with Gasteiger partial charge in [0, 0.05) is 7.05 Å². The Morgan fingerprint density at radius 2 is 2.16 bits per heavy atom. The van der Waals surface area contributed by atoms with Crippen LogP contribution in [0.2, 0.25) is 0 Å². The lowest BCUT2D eigenvalue weighted by Gasteiger charge is -2.07. The molecule has 6 heteroatoms. The molecule has 0 unspecified atom stereocenters. The van der Waals surface area contributed by atoms with Crippen molar-refractivity contribution in [2.24, 2.45) is 7.05 Å². The van der Waals surface area contributed by atoms with Gasteiger partial charge >= 0.3 is 5.97 Å². The molecule has 0 fully saturated rings. The number of methoxy groups -OCH3 is 1. The SMILES string of the molecule is COc1ccccc1-c1nc(CC(=O)O)c(Br)n1C. The Kier molecular flexibility index (Phi) is 3.90. The van der Waals surface area contributed by atoms with Gasteiger partial charge < -0.3 is 14.4 Å². The first kappa shape index (κ1) is 13.6. The molecule has 1 N–H and O–H groups in total. The van der Waals surface area contributed by atoms with Crippen LogP contribution >= 0.6 is 15.9 Å². The second-order valence-electron chi connectivity index (χ2n) is 4.00. The summed E-state index contributed by atoms with van der Waals surface area (Å²) in [6, 6.07) is 7.49. The van der Waals surface area contributed by atoms with E-state index in [2.05, 4.69) is 20.9 Å². The molecule has 0 spiro atoms. The summed E-state index contributed by atoms with van der Waals surface area (Å²) in [6.45, 7) is 0. The van der Waals surface area contributed by atoms with E-state index in [1.165, 1.54) is 0 Å². The van der Waals surface area contributed by atoms with Crippen molar-refractivity contribution in [1.82, 2.24) is 9.55 Å². The van der Waals surface area contributed by atoms with E-state index >= 15 is 0 Å². The summed E-state index contributed by atoms with van der Waals surface area (Å²) in [7, 11) is 3.42. The van der Waals surface area contributed by atoms with Gasteiger partial charge in [-0.1, -0.05) is 12.1 Å². The van der Waals surface area contributed by atoms with Gasteiger partial charge in [0.15, 0.2) is 0 Å². The maximum absolute atomic E-state index is 10.8. The Labute approximate surface area is 119 Å². The van der Waals surface area contributed by atoms with Crippen LogP contribution in [0.5, 0.6) is 5.75 Å². The van der Waals surface area contributed by atoms with Crippen molar-refractivity contribution in [3.05, 3.63) is 34.6 Å². The molecule has 0 aliphatic heterocycles. The Morgan fingerprint density at radius 3 is 2.79 bits per heavy atom. The number of aromatic nitrogens is 2. The lowest BCUT2D eigenvalue weighted by Crippen LogP contribution is -2.01. The molecule has 0 atom stereocenters. The number of carbonyl (C=O) groups is 1. The summed E-state index contributed by atoms with van der Waals surface area (Å²) in [6.07, 6.45) is -0.121. The molecule has 1 aromatic heterocycles. The van der Waals surface area contributed by atoms with E-state index in [1.54, 1.807) is 11.7 Å². The number of nitrogens with zero attached hydrogens (tertiary/aromatic N) is 2. The van der Waals surface area contributed by atoms with Crippen LogP contribution in [-0.4, -0.2) is 27.7 Å². The molecule has 5 nitrogen and oxygen atoms in total. The van der Waals surface area contributed by atoms with Gasteiger partial charge in [-0.3, -0.25) is 4.79 Å². The highest BCUT2D eigenvalue weighted by molar-refractivity contribution is 9.10. The third-order valence-electron chi connectivity index (χ3n) is 2.76. The summed E-state index contributed by atoms with van der Waals surface area (Å²) < 4.78 is 7.76. The molecule has 2 rings (SSSR count). The van der Waals surface area contributed by atoms with Crippen LogP contribution in [0.3, 0.4) is 0 Å². The Morgan fingerprint density at radius 1 is 1.47 bits per heavy atom. The van der Waals surface area contributed by atoms with Crippen LogP contribution in [0.4, 0.5) is 0 Å². The van der Waals surface area contributed by atoms with Crippen molar-refractivity contribution in [1.29, 1.82) is 0 Å². The molecule has 1 aromatic carbocycles. The van der Waals surface area contributed by atoms with Crippen LogP contribution in [0.1, 0.15) is 5.69 Å². The van der Waals surface area contributed by atoms with Crippen LogP contribution in [0, 0.1) is 0 Å². The molecule has 1 heterocycles. The zero-order valence-electron chi connectivity index (χ0n) is 10.6. The maximum atomic E-state index is 10.8. The minimum Gasteiger partial charge on any atom is -0.496 e. The van der Waals surface area contributed by atoms with E-state index in [4.69, 9.17) is 9.84 Å². The minimum atomic E-state index is -0.912. The molecular formula is C13H13BrN2O3. The number of rotatable bonds is 4. The number of aliphatic carboxylic acids is 1. The number of hydrogen-bond donors (Lipinski definition) is 1. The van der Waals surface area contributed by atoms with Gasteiger partial charge in [0.2, 0.25) is 0 Å². The standard InChI is InChI=1S/C13H13BrN2O3/c1-16-12(14)9(7-11(17)18)15-13(16)8-5-3-4-6-10(8)19-2/h3-6H,7H2,1-2H3,(H,17,18). The van der Waals surface area contributed by atoms with Gasteiger partial charge in [-0.2, -0.15) is 0 Å². The molecule has 0 saturated carbocycles. The zero-order valence-corrected chi connectivity index (χ0v) is 12.1. The summed E-state index contributed by atoms with van der Waals surface area (Å²) in [5.74, 6) is 0.455. The predicted molar refractivity (Wildman–Crippen MR) is 74.2 cm³/mol. The first-order chi connectivity index (χ1) is 9.04. The van der Waals surface area contributed by atoms with Gasteiger partial charge in [-0.05, 0) is 28.1 Å². The number of para-hydroxylation sites is 1. The van der Waals surface area contributed by atoms with E-state index in [9.17, 15) is 4.79 Å². The van der Waals surface area contributed by atoms with E-state index in [-0.39, 0.29) is 6.42 Å². The molecule has 0 radical (unpaired) electrons. The lowest BCUT2D eigenvalue weighted by atomic mass is 10.2. The second-order valence-corrected chi connectivity index (χ2v) is 4.75. The van der Waals surface area contributed by atoms with E-state index in [0.717, 1.165) is 5.56 Å². The highest BCUT2D eigenvalue weighted by atomic mass is 79.9. The Bertz CT molecular complexity index is 622. The fraction of sp³-hybridized carbons (Fsp3) is 0.231. The van der Waals surface area contributed by atoms with Crippen molar-refractivity contribution in [3.8, 4) is 17.1 Å². The van der Waals surface area contributed by atoms with Crippen molar-refractivity contribution >= 4 is 21.9 Å². The maximum Gasteiger partial charge on any atom is 0.309 e. The molecule has 0 amide bonds. The van der Waals surface area contributed by atoms with Crippen LogP contribution in [0.15, 0.2) is 28.9 Å². The number of carboxylic acid groups (broad SMARTS) is 1. The molecule has 19 heavy (non-hydrogen) atoms. The fourth-order valence-corrected chi connectivity index (χ4v) is 2.26. The number of benzene rings is 1. The smallest absolute Gasteiger partial charge is 0.309 e. The van der Waals surface area contributed by atoms with Crippen LogP contribution in [0.25, 0.3) is 11.4 Å². The molecule has 2 aromatic rings. The largest absolute Gasteiger partial charge is 0.496 e. The number of ether oxygens (including phenoxy) is 1. The van der Waals surface area contributed by atoms with Gasteiger partial charge in [0.25, 0.3) is 0 Å². The molecule has 0 saturated heterocycles. The van der Waals surface area contributed by atoms with Crippen molar-refractivity contribution in [2.75, 3.05) is 7.11 Å². The summed E-state index contributed by atoms with van der Waals surface area (Å²) in [4.78, 5) is 15.2. The van der Waals surface area contributed by atoms with Gasteiger partial charge in [0.1, 0.15) is 16.2 Å². The quantitative estimate of drug-likeness (QED) is 0.938. The minimum absolute atomic E-state index is 0.121. The number of carboxylic acids is 1. The first-order valence-corrected chi connectivity index (χ1v) is 6.40. The summed E-state index contributed by atoms with van der Waals surface area (Å²) in [5.41, 5.74) is 1.32. The fourth-order valence-electron chi connectivity index (χ4n) is 1.86. The molecule has 100 valence electrons. The van der Waals surface area contributed by atoms with Gasteiger partial charge in [0.05, 0.1) is 24.8 Å². The first-order valence-electron chi connectivity index (χ1n) is 5.61. The Hall–Kier alpha value is -1.82. The van der Waals surface area contributed by atoms with Gasteiger partial charge in [-0.15, -0.1) is 0 Å². The average Bonchev–Trinajstić information content (AvgIpc) is 2.66. The van der Waals surface area contributed by atoms with Gasteiger partial charge in [-0.25, -0.2) is 4.98 Å². The number of imidazole rings is 1. The molecule has 0 bridgehead atoms. The monoisotopic (exact) mass is 324 g/mol. The molecule has 0 aliphatic rings. The second kappa shape index (κ2) is 5.44. The number of halogens is 1. The third-order valence-corrected chi connectivity index (χ3v) is 3.75. The highest BCUT2D eigenvalue weighted by Crippen LogP contribution is 2.31. The highest BCUT2D eigenvalue weighted by Gasteiger charge is 2.18. The molecule has 0 aliphatic carbocycles. The average molecular weight is 325 g/mol. The predicted octanol–water partition coefficient (Wildman–Crippen LogP) is 2.49. The van der Waals surface area contributed by atoms with E-state index in [0.29, 0.717) is 21.9 Å². The van der Waals surface area contributed by atoms with E-state index in [1.807, 2.05) is 31.3 Å². The van der Waals surface area contributed by atoms with Crippen LogP contribution in [-0.2, 0) is 18.3 Å². The normalized spacial score (nSPS) is 10.5. The van der Waals surface area contributed by atoms with Crippen molar-refractivity contribution < 1.29 is 14.6 Å². The summed E-state index contributed by atoms with van der Waals surface area (Å²) in [5, 5.41) is 8.87. The molecular weight excluding hydrogens is 312 g/mol. The topological polar surface area (TPSA) is 64.3 Å². The Balaban J connectivity index is 2.54. The van der Waals surface area contributed by atoms with Crippen LogP contribution < -0.4 is 4.74 Å². The van der Waals surface area contributed by atoms with Crippen molar-refractivity contribution in [2.45, 2.75) is 6.42 Å². The third kappa shape index (κ3) is 2.63. The van der Waals surface area contributed by atoms with Crippen molar-refractivity contribution in [3.63, 3.8) is 0 Å². The number of hydrogen-bond acceptors (Lipinski definition) is 3. The zero-order chi connectivity index (χ0) is 14.0.